The quantitative estimate of drug-likeness (QED) is 0.611. The van der Waals surface area contributed by atoms with E-state index in [2.05, 4.69) is 16.7 Å². The van der Waals surface area contributed by atoms with Gasteiger partial charge in [-0.25, -0.2) is 4.79 Å². The van der Waals surface area contributed by atoms with Crippen molar-refractivity contribution in [2.45, 2.75) is 37.9 Å². The molecule has 1 aliphatic heterocycles. The maximum absolute atomic E-state index is 11.8. The van der Waals surface area contributed by atoms with Crippen molar-refractivity contribution in [1.29, 1.82) is 1.43 Å². The predicted molar refractivity (Wildman–Crippen MR) is 66.8 cm³/mol. The van der Waals surface area contributed by atoms with Crippen LogP contribution < -0.4 is 11.2 Å². The molecule has 0 saturated carbocycles. The highest BCUT2D eigenvalue weighted by Crippen LogP contribution is 2.29. The lowest BCUT2D eigenvalue weighted by molar-refractivity contribution is -0.0682. The third-order valence-corrected chi connectivity index (χ3v) is 3.15. The van der Waals surface area contributed by atoms with Gasteiger partial charge in [0.1, 0.15) is 18.4 Å². The van der Waals surface area contributed by atoms with Crippen molar-refractivity contribution < 1.29 is 15.0 Å². The number of H-pyrrole nitrogens is 1. The normalized spacial score (nSPS) is 28.9. The molecule has 1 aliphatic rings. The van der Waals surface area contributed by atoms with Crippen LogP contribution in [0.2, 0.25) is 0 Å². The van der Waals surface area contributed by atoms with Gasteiger partial charge in [-0.15, -0.1) is 6.58 Å². The molecule has 7 heteroatoms. The van der Waals surface area contributed by atoms with Crippen LogP contribution in [0.4, 0.5) is 0 Å². The highest BCUT2D eigenvalue weighted by Gasteiger charge is 2.38. The van der Waals surface area contributed by atoms with Crippen LogP contribution in [0.25, 0.3) is 0 Å². The number of nitrogens with one attached hydrogen (secondary N) is 1. The van der Waals surface area contributed by atoms with E-state index in [9.17, 15) is 14.7 Å². The zero-order chi connectivity index (χ0) is 14.9. The van der Waals surface area contributed by atoms with Gasteiger partial charge in [0.15, 0.2) is 0 Å². The molecule has 2 heterocycles. The topological polar surface area (TPSA) is 105 Å². The predicted octanol–water partition coefficient (Wildman–Crippen LogP) is -0.960. The molecule has 4 unspecified atom stereocenters. The van der Waals surface area contributed by atoms with E-state index in [0.29, 0.717) is 5.56 Å². The lowest BCUT2D eigenvalue weighted by Crippen LogP contribution is -2.34. The Morgan fingerprint density at radius 2 is 2.47 bits per heavy atom. The smallest absolute Gasteiger partial charge is 0.330 e. The summed E-state index contributed by atoms with van der Waals surface area (Å²) in [5.74, 6) is 0. The second kappa shape index (κ2) is 5.12. The SMILES string of the molecule is [2H]OC(C=C)C1OC(n2cc(C)c(=O)[nH]c2=O)CC1O. The van der Waals surface area contributed by atoms with Gasteiger partial charge in [-0.1, -0.05) is 6.08 Å². The number of hydrogen-bond donors (Lipinski definition) is 3. The molecule has 0 aromatic carbocycles. The van der Waals surface area contributed by atoms with Gasteiger partial charge in [0.25, 0.3) is 5.56 Å². The summed E-state index contributed by atoms with van der Waals surface area (Å²) in [5.41, 5.74) is -0.705. The van der Waals surface area contributed by atoms with Gasteiger partial charge in [-0.2, -0.15) is 0 Å². The molecule has 0 aliphatic carbocycles. The van der Waals surface area contributed by atoms with Gasteiger partial charge in [0.2, 0.25) is 1.43 Å². The Balaban J connectivity index is 2.29. The highest BCUT2D eigenvalue weighted by molar-refractivity contribution is 5.02. The minimum absolute atomic E-state index is 0.157. The Labute approximate surface area is 110 Å². The van der Waals surface area contributed by atoms with Gasteiger partial charge >= 0.3 is 5.69 Å². The number of nitrogens with zero attached hydrogens (tertiary/aromatic N) is 1. The van der Waals surface area contributed by atoms with Crippen LogP contribution in [0.3, 0.4) is 0 Å². The van der Waals surface area contributed by atoms with Crippen LogP contribution >= 0.6 is 0 Å². The molecule has 1 saturated heterocycles. The summed E-state index contributed by atoms with van der Waals surface area (Å²) in [4.78, 5) is 25.3. The van der Waals surface area contributed by atoms with E-state index < -0.39 is 35.8 Å². The first-order chi connectivity index (χ1) is 9.47. The van der Waals surface area contributed by atoms with E-state index in [1.54, 1.807) is 6.92 Å². The molecule has 19 heavy (non-hydrogen) atoms. The van der Waals surface area contributed by atoms with Crippen molar-refractivity contribution >= 4 is 0 Å². The van der Waals surface area contributed by atoms with Crippen LogP contribution in [-0.4, -0.2) is 39.5 Å². The Morgan fingerprint density at radius 1 is 1.74 bits per heavy atom. The number of ether oxygens (including phenoxy) is 1. The summed E-state index contributed by atoms with van der Waals surface area (Å²) in [6.07, 6.45) is -0.314. The molecular weight excluding hydrogens is 252 g/mol. The fraction of sp³-hybridized carbons (Fsp3) is 0.500. The Kier molecular flexibility index (Phi) is 3.33. The Hall–Kier alpha value is -1.70. The number of rotatable bonds is 4. The number of aryl methyl sites for hydroxylation is 1. The highest BCUT2D eigenvalue weighted by atomic mass is 16.5. The average molecular weight is 269 g/mol. The summed E-state index contributed by atoms with van der Waals surface area (Å²) in [7, 11) is 0. The maximum atomic E-state index is 11.8. The molecule has 7 nitrogen and oxygen atoms in total. The zero-order valence-corrected chi connectivity index (χ0v) is 10.4. The molecule has 0 spiro atoms. The molecular formula is C12H16N2O5. The standard InChI is InChI=1S/C12H16N2O5/c1-3-7(15)10-8(16)4-9(19-10)14-5-6(2)11(17)13-12(14)18/h3,5,7-10,15-16H,1,4H2,2H3,(H,13,17,18)/i15D. The first-order valence-electron chi connectivity index (χ1n) is 6.29. The summed E-state index contributed by atoms with van der Waals surface area (Å²) >= 11 is 0. The van der Waals surface area contributed by atoms with E-state index in [1.807, 2.05) is 0 Å². The second-order valence-corrected chi connectivity index (χ2v) is 4.54. The second-order valence-electron chi connectivity index (χ2n) is 4.54. The summed E-state index contributed by atoms with van der Waals surface area (Å²) in [5, 5.41) is 14.4. The van der Waals surface area contributed by atoms with Crippen molar-refractivity contribution in [2.75, 3.05) is 0 Å². The van der Waals surface area contributed by atoms with Crippen LogP contribution in [0.15, 0.2) is 28.4 Å². The van der Waals surface area contributed by atoms with Crippen molar-refractivity contribution in [1.82, 2.24) is 9.55 Å². The summed E-state index contributed by atoms with van der Waals surface area (Å²) in [6, 6.07) is 0. The number of aromatic nitrogens is 2. The molecule has 0 amide bonds. The summed E-state index contributed by atoms with van der Waals surface area (Å²) < 4.78 is 13.7. The molecule has 1 aromatic heterocycles. The molecule has 1 fully saturated rings. The number of aliphatic hydroxyl groups excluding tert-OH is 2. The van der Waals surface area contributed by atoms with Crippen LogP contribution in [0, 0.1) is 6.92 Å². The first kappa shape index (κ1) is 12.3. The lowest BCUT2D eigenvalue weighted by atomic mass is 10.1. The molecule has 104 valence electrons. The van der Waals surface area contributed by atoms with E-state index >= 15 is 0 Å². The van der Waals surface area contributed by atoms with Gasteiger partial charge in [-0.05, 0) is 6.92 Å². The van der Waals surface area contributed by atoms with E-state index in [0.717, 1.165) is 0 Å². The minimum atomic E-state index is -0.896. The van der Waals surface area contributed by atoms with Crippen LogP contribution in [-0.2, 0) is 4.74 Å². The van der Waals surface area contributed by atoms with Gasteiger partial charge < -0.3 is 15.0 Å². The van der Waals surface area contributed by atoms with Crippen molar-refractivity contribution in [3.63, 3.8) is 0 Å². The fourth-order valence-corrected chi connectivity index (χ4v) is 2.08. The van der Waals surface area contributed by atoms with Crippen LogP contribution in [0.1, 0.15) is 18.2 Å². The largest absolute Gasteiger partial charge is 0.390 e. The van der Waals surface area contributed by atoms with E-state index in [4.69, 9.17) is 6.17 Å². The van der Waals surface area contributed by atoms with Gasteiger partial charge in [-0.3, -0.25) is 14.3 Å². The molecule has 0 radical (unpaired) electrons. The van der Waals surface area contributed by atoms with Gasteiger partial charge in [0, 0.05) is 18.2 Å². The van der Waals surface area contributed by atoms with E-state index in [1.165, 1.54) is 16.8 Å². The third-order valence-electron chi connectivity index (χ3n) is 3.15. The summed E-state index contributed by atoms with van der Waals surface area (Å²) in [6.45, 7) is 5.07. The van der Waals surface area contributed by atoms with Crippen molar-refractivity contribution in [2.24, 2.45) is 0 Å². The number of aromatic amines is 1. The average Bonchev–Trinajstić information content (AvgIpc) is 2.78. The minimum Gasteiger partial charge on any atom is -0.390 e. The van der Waals surface area contributed by atoms with Crippen molar-refractivity contribution in [3.8, 4) is 0 Å². The van der Waals surface area contributed by atoms with Gasteiger partial charge in [0.05, 0.1) is 6.10 Å². The monoisotopic (exact) mass is 269 g/mol. The third kappa shape index (κ3) is 2.53. The zero-order valence-electron chi connectivity index (χ0n) is 11.4. The fourth-order valence-electron chi connectivity index (χ4n) is 2.08. The Bertz CT molecular complexity index is 611. The molecule has 2 rings (SSSR count). The van der Waals surface area contributed by atoms with E-state index in [-0.39, 0.29) is 6.42 Å². The molecule has 4 atom stereocenters. The Morgan fingerprint density at radius 3 is 3.11 bits per heavy atom. The lowest BCUT2D eigenvalue weighted by Gasteiger charge is -2.18. The maximum Gasteiger partial charge on any atom is 0.330 e. The number of hydrogen-bond acceptors (Lipinski definition) is 5. The first-order valence-corrected chi connectivity index (χ1v) is 5.88. The van der Waals surface area contributed by atoms with Crippen LogP contribution in [0.5, 0.6) is 0 Å². The molecule has 0 bridgehead atoms. The number of aliphatic hydroxyl groups is 2. The van der Waals surface area contributed by atoms with Crippen molar-refractivity contribution in [3.05, 3.63) is 45.3 Å². The molecule has 3 N–H and O–H groups in total. The molecule has 1 aromatic rings.